The van der Waals surface area contributed by atoms with Crippen LogP contribution in [0.25, 0.3) is 0 Å². The van der Waals surface area contributed by atoms with Crippen molar-refractivity contribution in [3.05, 3.63) is 28.2 Å². The smallest absolute Gasteiger partial charge is 0.341 e. The molecule has 1 amide bonds. The van der Waals surface area contributed by atoms with E-state index in [9.17, 15) is 9.59 Å². The number of carbonyl (C=O) groups excluding carboxylic acids is 2. The summed E-state index contributed by atoms with van der Waals surface area (Å²) in [4.78, 5) is 24.4. The molecule has 98 valence electrons. The number of nitrogens with one attached hydrogen (secondary N) is 1. The monoisotopic (exact) mass is 267 g/mol. The van der Waals surface area contributed by atoms with Crippen molar-refractivity contribution in [2.24, 2.45) is 0 Å². The average Bonchev–Trinajstić information content (AvgIpc) is 2.55. The van der Waals surface area contributed by atoms with E-state index in [1.807, 2.05) is 13.8 Å². The van der Waals surface area contributed by atoms with Crippen molar-refractivity contribution in [2.45, 2.75) is 27.7 Å². The Bertz CT molecular complexity index is 489. The number of esters is 1. The van der Waals surface area contributed by atoms with E-state index >= 15 is 0 Å². The molecule has 5 heteroatoms. The maximum atomic E-state index is 11.9. The molecule has 1 aromatic heterocycles. The third-order valence-electron chi connectivity index (χ3n) is 2.42. The summed E-state index contributed by atoms with van der Waals surface area (Å²) in [5.41, 5.74) is 1.31. The van der Waals surface area contributed by atoms with Gasteiger partial charge in [-0.2, -0.15) is 0 Å². The van der Waals surface area contributed by atoms with Crippen LogP contribution in [0.4, 0.5) is 5.00 Å². The summed E-state index contributed by atoms with van der Waals surface area (Å²) in [7, 11) is 0. The lowest BCUT2D eigenvalue weighted by Gasteiger charge is -2.05. The fraction of sp³-hybridized carbons (Fsp3) is 0.385. The Morgan fingerprint density at radius 2 is 2.06 bits per heavy atom. The lowest BCUT2D eigenvalue weighted by Crippen LogP contribution is -2.12. The summed E-state index contributed by atoms with van der Waals surface area (Å²) in [6, 6.07) is 0. The molecule has 1 heterocycles. The van der Waals surface area contributed by atoms with E-state index in [1.165, 1.54) is 17.4 Å². The summed E-state index contributed by atoms with van der Waals surface area (Å²) in [5, 5.41) is 3.25. The number of allylic oxidation sites excluding steroid dienone is 1. The number of anilines is 1. The number of thiophene rings is 1. The SMILES string of the molecule is C/C=C/C(=O)Nc1sc(C)c(C)c1C(=O)OCC. The Morgan fingerprint density at radius 1 is 1.39 bits per heavy atom. The lowest BCUT2D eigenvalue weighted by molar-refractivity contribution is -0.111. The second-order valence-corrected chi connectivity index (χ2v) is 4.92. The quantitative estimate of drug-likeness (QED) is 0.674. The van der Waals surface area contributed by atoms with Crippen LogP contribution in [-0.2, 0) is 9.53 Å². The van der Waals surface area contributed by atoms with Gasteiger partial charge >= 0.3 is 5.97 Å². The van der Waals surface area contributed by atoms with Gasteiger partial charge in [0.05, 0.1) is 12.2 Å². The van der Waals surface area contributed by atoms with Gasteiger partial charge < -0.3 is 10.1 Å². The highest BCUT2D eigenvalue weighted by Crippen LogP contribution is 2.32. The molecule has 1 aromatic rings. The van der Waals surface area contributed by atoms with Gasteiger partial charge in [-0.3, -0.25) is 4.79 Å². The molecule has 0 radical (unpaired) electrons. The largest absolute Gasteiger partial charge is 0.462 e. The number of carbonyl (C=O) groups is 2. The van der Waals surface area contributed by atoms with Crippen molar-refractivity contribution in [1.29, 1.82) is 0 Å². The van der Waals surface area contributed by atoms with Crippen LogP contribution < -0.4 is 5.32 Å². The summed E-state index contributed by atoms with van der Waals surface area (Å²) in [6.07, 6.45) is 3.06. The summed E-state index contributed by atoms with van der Waals surface area (Å²) >= 11 is 1.38. The summed E-state index contributed by atoms with van der Waals surface area (Å²) < 4.78 is 5.00. The topological polar surface area (TPSA) is 55.4 Å². The zero-order valence-electron chi connectivity index (χ0n) is 11.0. The van der Waals surface area contributed by atoms with Gasteiger partial charge in [0.25, 0.3) is 0 Å². The Hall–Kier alpha value is -1.62. The van der Waals surface area contributed by atoms with E-state index < -0.39 is 5.97 Å². The molecular formula is C13H17NO3S. The van der Waals surface area contributed by atoms with Crippen LogP contribution in [0.5, 0.6) is 0 Å². The molecule has 0 spiro atoms. The van der Waals surface area contributed by atoms with Crippen molar-refractivity contribution in [1.82, 2.24) is 0 Å². The van der Waals surface area contributed by atoms with Gasteiger partial charge in [0.15, 0.2) is 0 Å². The zero-order chi connectivity index (χ0) is 13.7. The van der Waals surface area contributed by atoms with Gasteiger partial charge in [-0.1, -0.05) is 6.08 Å². The number of rotatable bonds is 4. The molecule has 0 saturated carbocycles. The van der Waals surface area contributed by atoms with Gasteiger partial charge in [-0.25, -0.2) is 4.79 Å². The molecule has 1 rings (SSSR count). The number of hydrogen-bond acceptors (Lipinski definition) is 4. The molecular weight excluding hydrogens is 250 g/mol. The van der Waals surface area contributed by atoms with Gasteiger partial charge in [-0.05, 0) is 39.3 Å². The summed E-state index contributed by atoms with van der Waals surface area (Å²) in [5.74, 6) is -0.639. The molecule has 0 atom stereocenters. The number of hydrogen-bond donors (Lipinski definition) is 1. The maximum Gasteiger partial charge on any atom is 0.341 e. The van der Waals surface area contributed by atoms with Crippen LogP contribution in [0.3, 0.4) is 0 Å². The van der Waals surface area contributed by atoms with Crippen LogP contribution in [0.1, 0.15) is 34.6 Å². The van der Waals surface area contributed by atoms with Crippen LogP contribution in [0.15, 0.2) is 12.2 Å². The van der Waals surface area contributed by atoms with Crippen LogP contribution in [0.2, 0.25) is 0 Å². The van der Waals surface area contributed by atoms with Gasteiger partial charge in [-0.15, -0.1) is 11.3 Å². The summed E-state index contributed by atoms with van der Waals surface area (Å²) in [6.45, 7) is 7.59. The predicted molar refractivity (Wildman–Crippen MR) is 73.2 cm³/mol. The van der Waals surface area contributed by atoms with E-state index in [1.54, 1.807) is 19.9 Å². The molecule has 0 aliphatic heterocycles. The standard InChI is InChI=1S/C13H17NO3S/c1-5-7-10(15)14-12-11(13(16)17-6-2)8(3)9(4)18-12/h5,7H,6H2,1-4H3,(H,14,15)/b7-5+. The maximum absolute atomic E-state index is 11.9. The number of amides is 1. The molecule has 0 saturated heterocycles. The van der Waals surface area contributed by atoms with E-state index in [-0.39, 0.29) is 5.91 Å². The Kier molecular flexibility index (Phi) is 5.09. The molecule has 0 bridgehead atoms. The minimum atomic E-state index is -0.393. The predicted octanol–water partition coefficient (Wildman–Crippen LogP) is 3.06. The first kappa shape index (κ1) is 14.4. The second kappa shape index (κ2) is 6.35. The molecule has 0 aliphatic carbocycles. The van der Waals surface area contributed by atoms with Crippen LogP contribution in [0, 0.1) is 13.8 Å². The normalized spacial score (nSPS) is 10.7. The highest BCUT2D eigenvalue weighted by Gasteiger charge is 2.21. The van der Waals surface area contributed by atoms with Gasteiger partial charge in [0.2, 0.25) is 5.91 Å². The Labute approximate surface area is 111 Å². The van der Waals surface area contributed by atoms with Crippen molar-refractivity contribution >= 4 is 28.2 Å². The number of ether oxygens (including phenoxy) is 1. The van der Waals surface area contributed by atoms with Crippen molar-refractivity contribution in [3.63, 3.8) is 0 Å². The van der Waals surface area contributed by atoms with E-state index in [0.717, 1.165) is 10.4 Å². The third-order valence-corrected chi connectivity index (χ3v) is 3.54. The van der Waals surface area contributed by atoms with Crippen LogP contribution in [-0.4, -0.2) is 18.5 Å². The van der Waals surface area contributed by atoms with Crippen molar-refractivity contribution in [2.75, 3.05) is 11.9 Å². The van der Waals surface area contributed by atoms with Gasteiger partial charge in [0.1, 0.15) is 5.00 Å². The van der Waals surface area contributed by atoms with Crippen molar-refractivity contribution < 1.29 is 14.3 Å². The van der Waals surface area contributed by atoms with E-state index in [0.29, 0.717) is 17.2 Å². The zero-order valence-corrected chi connectivity index (χ0v) is 11.8. The minimum Gasteiger partial charge on any atom is -0.462 e. The average molecular weight is 267 g/mol. The van der Waals surface area contributed by atoms with E-state index in [4.69, 9.17) is 4.74 Å². The highest BCUT2D eigenvalue weighted by molar-refractivity contribution is 7.16. The third kappa shape index (κ3) is 3.20. The Balaban J connectivity index is 3.08. The molecule has 0 aromatic carbocycles. The molecule has 0 unspecified atom stereocenters. The fourth-order valence-electron chi connectivity index (χ4n) is 1.47. The second-order valence-electron chi connectivity index (χ2n) is 3.70. The highest BCUT2D eigenvalue weighted by atomic mass is 32.1. The van der Waals surface area contributed by atoms with Gasteiger partial charge in [0, 0.05) is 4.88 Å². The molecule has 4 nitrogen and oxygen atoms in total. The molecule has 18 heavy (non-hydrogen) atoms. The molecule has 0 fully saturated rings. The first-order chi connectivity index (χ1) is 8.51. The fourth-order valence-corrected chi connectivity index (χ4v) is 2.52. The first-order valence-corrected chi connectivity index (χ1v) is 6.53. The van der Waals surface area contributed by atoms with Crippen LogP contribution >= 0.6 is 11.3 Å². The molecule has 1 N–H and O–H groups in total. The minimum absolute atomic E-state index is 0.246. The molecule has 0 aliphatic rings. The van der Waals surface area contributed by atoms with Crippen molar-refractivity contribution in [3.8, 4) is 0 Å². The Morgan fingerprint density at radius 3 is 2.61 bits per heavy atom. The lowest BCUT2D eigenvalue weighted by atomic mass is 10.1. The number of aryl methyl sites for hydroxylation is 1. The van der Waals surface area contributed by atoms with E-state index in [2.05, 4.69) is 5.32 Å². The first-order valence-electron chi connectivity index (χ1n) is 5.72.